The van der Waals surface area contributed by atoms with Crippen LogP contribution in [-0.2, 0) is 0 Å². The third-order valence-electron chi connectivity index (χ3n) is 3.35. The van der Waals surface area contributed by atoms with Crippen LogP contribution in [0, 0.1) is 5.41 Å². The number of rotatable bonds is 4. The van der Waals surface area contributed by atoms with Gasteiger partial charge >= 0.3 is 0 Å². The Morgan fingerprint density at radius 3 is 1.71 bits per heavy atom. The molecule has 84 valence electrons. The quantitative estimate of drug-likeness (QED) is 0.740. The average molecular weight is 241 g/mol. The summed E-state index contributed by atoms with van der Waals surface area (Å²) in [5.74, 6) is 0. The normalized spacial score (nSPS) is 25.7. The van der Waals surface area contributed by atoms with E-state index in [1.165, 1.54) is 6.42 Å². The highest BCUT2D eigenvalue weighted by Gasteiger charge is 2.44. The molecule has 1 saturated carbocycles. The first kappa shape index (κ1) is 12.6. The first-order chi connectivity index (χ1) is 6.67. The zero-order valence-electron chi connectivity index (χ0n) is 8.25. The van der Waals surface area contributed by atoms with Crippen LogP contribution in [0.1, 0.15) is 32.1 Å². The molecule has 0 aliphatic heterocycles. The zero-order valence-corrected chi connectivity index (χ0v) is 9.77. The molecule has 4 heteroatoms. The van der Waals surface area contributed by atoms with E-state index in [1.54, 1.807) is 0 Å². The second kappa shape index (κ2) is 5.55. The monoisotopic (exact) mass is 240 g/mol. The highest BCUT2D eigenvalue weighted by atomic mass is 35.5. The molecule has 2 N–H and O–H groups in total. The maximum absolute atomic E-state index is 9.12. The van der Waals surface area contributed by atoms with Crippen LogP contribution in [-0.4, -0.2) is 34.2 Å². The second-order valence-electron chi connectivity index (χ2n) is 4.09. The summed E-state index contributed by atoms with van der Waals surface area (Å²) in [5, 5.41) is 17.6. The maximum atomic E-state index is 9.12. The summed E-state index contributed by atoms with van der Waals surface area (Å²) in [4.78, 5) is 0. The molecule has 1 aliphatic carbocycles. The average Bonchev–Trinajstić information content (AvgIpc) is 2.27. The largest absolute Gasteiger partial charge is 0.395 e. The van der Waals surface area contributed by atoms with E-state index in [1.807, 2.05) is 0 Å². The number of aliphatic hydroxyl groups excluding tert-OH is 2. The first-order valence-corrected chi connectivity index (χ1v) is 6.04. The van der Waals surface area contributed by atoms with E-state index in [-0.39, 0.29) is 29.4 Å². The predicted molar refractivity (Wildman–Crippen MR) is 59.0 cm³/mol. The van der Waals surface area contributed by atoms with Crippen molar-refractivity contribution < 1.29 is 10.2 Å². The zero-order chi connectivity index (χ0) is 10.6. The molecule has 1 fully saturated rings. The molecule has 0 aromatic heterocycles. The lowest BCUT2D eigenvalue weighted by atomic mass is 9.69. The minimum absolute atomic E-state index is 0.0647. The van der Waals surface area contributed by atoms with Gasteiger partial charge in [0.25, 0.3) is 0 Å². The molecular formula is C10H18Cl2O2. The highest BCUT2D eigenvalue weighted by Crippen LogP contribution is 2.46. The summed E-state index contributed by atoms with van der Waals surface area (Å²) in [5.41, 5.74) is -0.273. The minimum atomic E-state index is -0.336. The maximum Gasteiger partial charge on any atom is 0.0638 e. The van der Waals surface area contributed by atoms with E-state index in [0.29, 0.717) is 0 Å². The Bertz CT molecular complexity index is 158. The fraction of sp³-hybridized carbons (Fsp3) is 1.00. The lowest BCUT2D eigenvalue weighted by Gasteiger charge is -2.43. The van der Waals surface area contributed by atoms with Crippen molar-refractivity contribution in [2.45, 2.75) is 42.9 Å². The summed E-state index contributed by atoms with van der Waals surface area (Å²) >= 11 is 12.3. The van der Waals surface area contributed by atoms with Gasteiger partial charge in [-0.25, -0.2) is 0 Å². The van der Waals surface area contributed by atoms with Gasteiger partial charge in [-0.3, -0.25) is 0 Å². The summed E-state index contributed by atoms with van der Waals surface area (Å²) < 4.78 is 0. The SMILES string of the molecule is OCC(Cl)C1(C(Cl)CO)CCCCC1. The van der Waals surface area contributed by atoms with Crippen molar-refractivity contribution in [3.63, 3.8) is 0 Å². The van der Waals surface area contributed by atoms with Crippen molar-refractivity contribution in [3.8, 4) is 0 Å². The van der Waals surface area contributed by atoms with Crippen molar-refractivity contribution in [2.75, 3.05) is 13.2 Å². The molecule has 0 saturated heterocycles. The molecule has 0 amide bonds. The van der Waals surface area contributed by atoms with Crippen LogP contribution in [0.15, 0.2) is 0 Å². The van der Waals surface area contributed by atoms with E-state index in [4.69, 9.17) is 33.4 Å². The molecule has 0 spiro atoms. The Hall–Kier alpha value is 0.500. The Morgan fingerprint density at radius 2 is 1.36 bits per heavy atom. The Balaban J connectivity index is 2.76. The van der Waals surface area contributed by atoms with E-state index >= 15 is 0 Å². The number of hydrogen-bond acceptors (Lipinski definition) is 2. The van der Waals surface area contributed by atoms with Crippen LogP contribution >= 0.6 is 23.2 Å². The van der Waals surface area contributed by atoms with Gasteiger partial charge < -0.3 is 10.2 Å². The number of hydrogen-bond donors (Lipinski definition) is 2. The molecule has 0 aromatic carbocycles. The molecule has 1 aliphatic rings. The molecule has 0 heterocycles. The van der Waals surface area contributed by atoms with Crippen LogP contribution < -0.4 is 0 Å². The molecule has 1 rings (SSSR count). The van der Waals surface area contributed by atoms with Gasteiger partial charge in [-0.1, -0.05) is 19.3 Å². The van der Waals surface area contributed by atoms with E-state index in [0.717, 1.165) is 25.7 Å². The summed E-state index contributed by atoms with van der Waals surface area (Å²) in [6.45, 7) is -0.129. The molecule has 2 atom stereocenters. The smallest absolute Gasteiger partial charge is 0.0638 e. The molecular weight excluding hydrogens is 223 g/mol. The van der Waals surface area contributed by atoms with Crippen LogP contribution in [0.3, 0.4) is 0 Å². The van der Waals surface area contributed by atoms with Crippen molar-refractivity contribution in [1.82, 2.24) is 0 Å². The standard InChI is InChI=1S/C10H18Cl2O2/c11-8(6-13)10(9(12)7-14)4-2-1-3-5-10/h8-9,13-14H,1-7H2. The van der Waals surface area contributed by atoms with E-state index < -0.39 is 0 Å². The van der Waals surface area contributed by atoms with Gasteiger partial charge in [-0.2, -0.15) is 0 Å². The van der Waals surface area contributed by atoms with Gasteiger partial charge in [0, 0.05) is 5.41 Å². The Labute approximate surface area is 95.2 Å². The van der Waals surface area contributed by atoms with Crippen molar-refractivity contribution in [2.24, 2.45) is 5.41 Å². The summed E-state index contributed by atoms with van der Waals surface area (Å²) in [6.07, 6.45) is 5.21. The van der Waals surface area contributed by atoms with Crippen LogP contribution in [0.5, 0.6) is 0 Å². The molecule has 0 bridgehead atoms. The third-order valence-corrected chi connectivity index (χ3v) is 4.50. The van der Waals surface area contributed by atoms with Crippen LogP contribution in [0.25, 0.3) is 0 Å². The Kier molecular flexibility index (Phi) is 4.98. The number of halogens is 2. The number of aliphatic hydroxyl groups is 2. The predicted octanol–water partition coefficient (Wildman–Crippen LogP) is 2.14. The lowest BCUT2D eigenvalue weighted by molar-refractivity contribution is 0.102. The molecule has 2 nitrogen and oxygen atoms in total. The topological polar surface area (TPSA) is 40.5 Å². The van der Waals surface area contributed by atoms with E-state index in [9.17, 15) is 0 Å². The lowest BCUT2D eigenvalue weighted by Crippen LogP contribution is -2.45. The first-order valence-electron chi connectivity index (χ1n) is 5.17. The van der Waals surface area contributed by atoms with Gasteiger partial charge in [0.1, 0.15) is 0 Å². The van der Waals surface area contributed by atoms with Crippen molar-refractivity contribution in [1.29, 1.82) is 0 Å². The fourth-order valence-corrected chi connectivity index (χ4v) is 3.20. The molecule has 14 heavy (non-hydrogen) atoms. The third kappa shape index (κ3) is 2.35. The molecule has 2 unspecified atom stereocenters. The van der Waals surface area contributed by atoms with Gasteiger partial charge in [-0.15, -0.1) is 23.2 Å². The molecule has 0 radical (unpaired) electrons. The molecule has 0 aromatic rings. The fourth-order valence-electron chi connectivity index (χ4n) is 2.40. The minimum Gasteiger partial charge on any atom is -0.395 e. The van der Waals surface area contributed by atoms with E-state index in [2.05, 4.69) is 0 Å². The summed E-state index contributed by atoms with van der Waals surface area (Å²) in [6, 6.07) is 0. The number of alkyl halides is 2. The Morgan fingerprint density at radius 1 is 0.929 bits per heavy atom. The van der Waals surface area contributed by atoms with Gasteiger partial charge in [0.15, 0.2) is 0 Å². The second-order valence-corrected chi connectivity index (χ2v) is 5.15. The van der Waals surface area contributed by atoms with Gasteiger partial charge in [-0.05, 0) is 12.8 Å². The van der Waals surface area contributed by atoms with Crippen molar-refractivity contribution in [3.05, 3.63) is 0 Å². The van der Waals surface area contributed by atoms with Crippen LogP contribution in [0.4, 0.5) is 0 Å². The van der Waals surface area contributed by atoms with Crippen molar-refractivity contribution >= 4 is 23.2 Å². The van der Waals surface area contributed by atoms with Gasteiger partial charge in [0.2, 0.25) is 0 Å². The highest BCUT2D eigenvalue weighted by molar-refractivity contribution is 6.24. The van der Waals surface area contributed by atoms with Crippen LogP contribution in [0.2, 0.25) is 0 Å². The van der Waals surface area contributed by atoms with Gasteiger partial charge in [0.05, 0.1) is 24.0 Å². The summed E-state index contributed by atoms with van der Waals surface area (Å²) in [7, 11) is 0.